The van der Waals surface area contributed by atoms with Gasteiger partial charge < -0.3 is 21.0 Å². The Hall–Kier alpha value is -6.80. The van der Waals surface area contributed by atoms with Gasteiger partial charge in [-0.05, 0) is 52.3 Å². The van der Waals surface area contributed by atoms with E-state index >= 15 is 0 Å². The molecule has 0 aliphatic carbocycles. The highest BCUT2D eigenvalue weighted by atomic mass is 79.9. The van der Waals surface area contributed by atoms with Crippen molar-refractivity contribution in [2.24, 2.45) is 5.73 Å². The average Bonchev–Trinajstić information content (AvgIpc) is 3.98. The number of nitrogens with two attached hydrogens (primary N) is 1. The number of benzene rings is 4. The standard InChI is InChI=1S/C20H12ClF2N7.C15H10ClF2N3.C5H3BrN4/c21-11-4-2-1-3-10(11)16-14(29-13-6-5-12(22)15(23)17(13)30-16)7-24-19-18-20(26-8-25-18)28-9-27-19;16-9-4-2-1-3-8(9)14-12(7-19)20-11-6-5-10(17)13(18)15(11)21-14;6-4-3-5(9-1-7-3)10-2-8-4/h1-6,8-9H,7H2,(H2,24,25,26,27,28);1-6H,7,19H2;1-2H,(H,7,8,9,10). The fourth-order valence-electron chi connectivity index (χ4n) is 6.01. The summed E-state index contributed by atoms with van der Waals surface area (Å²) in [7, 11) is 0. The van der Waals surface area contributed by atoms with Crippen LogP contribution in [0, 0.1) is 23.3 Å². The molecule has 0 aliphatic rings. The van der Waals surface area contributed by atoms with Crippen LogP contribution in [0.5, 0.6) is 0 Å². The maximum Gasteiger partial charge on any atom is 0.186 e. The Bertz CT molecular complexity index is 3220. The van der Waals surface area contributed by atoms with Crippen LogP contribution in [0.3, 0.4) is 0 Å². The van der Waals surface area contributed by atoms with Crippen molar-refractivity contribution in [3.05, 3.63) is 147 Å². The second-order valence-electron chi connectivity index (χ2n) is 12.6. The molecule has 0 aliphatic heterocycles. The number of anilines is 1. The quantitative estimate of drug-likeness (QED) is 0.0912. The molecule has 4 aromatic carbocycles. The minimum atomic E-state index is -1.05. The molecule has 304 valence electrons. The lowest BCUT2D eigenvalue weighted by Crippen LogP contribution is -2.08. The van der Waals surface area contributed by atoms with Crippen molar-refractivity contribution < 1.29 is 17.6 Å². The molecule has 0 spiro atoms. The first kappa shape index (κ1) is 41.0. The third kappa shape index (κ3) is 8.49. The van der Waals surface area contributed by atoms with Crippen LogP contribution in [-0.2, 0) is 13.1 Å². The van der Waals surface area contributed by atoms with Gasteiger partial charge in [0.05, 0.1) is 63.1 Å². The molecule has 0 radical (unpaired) electrons. The third-order valence-corrected chi connectivity index (χ3v) is 10.1. The molecular formula is C40H25BrCl2F4N14. The van der Waals surface area contributed by atoms with Crippen LogP contribution in [0.1, 0.15) is 11.4 Å². The average molecular weight is 929 g/mol. The van der Waals surface area contributed by atoms with Crippen molar-refractivity contribution in [3.63, 3.8) is 0 Å². The number of hydrogen-bond acceptors (Lipinski definition) is 12. The summed E-state index contributed by atoms with van der Waals surface area (Å²) in [5.74, 6) is -3.52. The molecule has 0 saturated heterocycles. The molecule has 10 rings (SSSR count). The van der Waals surface area contributed by atoms with Gasteiger partial charge in [0.1, 0.15) is 39.3 Å². The number of nitrogens with one attached hydrogen (secondary N) is 3. The molecule has 6 heterocycles. The molecule has 0 atom stereocenters. The SMILES string of the molecule is Brc1ncnc2nc[nH]c12.Fc1ccc2nc(CNc3ncnc4nc[nH]c34)c(-c3ccccc3Cl)nc2c1F.NCc1nc2ccc(F)c(F)c2nc1-c1ccccc1Cl. The zero-order chi connectivity index (χ0) is 42.6. The van der Waals surface area contributed by atoms with Crippen molar-refractivity contribution in [1.82, 2.24) is 59.8 Å². The van der Waals surface area contributed by atoms with E-state index in [4.69, 9.17) is 28.9 Å². The van der Waals surface area contributed by atoms with E-state index in [0.29, 0.717) is 66.6 Å². The van der Waals surface area contributed by atoms with E-state index in [0.717, 1.165) is 22.3 Å². The van der Waals surface area contributed by atoms with Gasteiger partial charge in [0.2, 0.25) is 0 Å². The maximum atomic E-state index is 14.4. The van der Waals surface area contributed by atoms with Gasteiger partial charge in [-0.2, -0.15) is 0 Å². The molecule has 0 saturated carbocycles. The Balaban J connectivity index is 0.000000143. The number of halogens is 7. The fourth-order valence-corrected chi connectivity index (χ4v) is 6.84. The van der Waals surface area contributed by atoms with Gasteiger partial charge in [-0.3, -0.25) is 0 Å². The summed E-state index contributed by atoms with van der Waals surface area (Å²) in [6.45, 7) is 0.316. The Morgan fingerprint density at radius 2 is 1.10 bits per heavy atom. The largest absolute Gasteiger partial charge is 0.362 e. The van der Waals surface area contributed by atoms with Crippen molar-refractivity contribution in [2.45, 2.75) is 13.1 Å². The molecule has 0 amide bonds. The fraction of sp³-hybridized carbons (Fsp3) is 0.0500. The third-order valence-electron chi connectivity index (χ3n) is 8.87. The first-order chi connectivity index (χ1) is 29.6. The second-order valence-corrected chi connectivity index (χ2v) is 14.2. The number of aromatic nitrogens is 12. The van der Waals surface area contributed by atoms with E-state index in [1.165, 1.54) is 31.1 Å². The lowest BCUT2D eigenvalue weighted by Gasteiger charge is -2.13. The predicted molar refractivity (Wildman–Crippen MR) is 226 cm³/mol. The molecule has 5 N–H and O–H groups in total. The van der Waals surface area contributed by atoms with Gasteiger partial charge in [-0.15, -0.1) is 0 Å². The van der Waals surface area contributed by atoms with E-state index in [-0.39, 0.29) is 35.2 Å². The highest BCUT2D eigenvalue weighted by Gasteiger charge is 2.19. The van der Waals surface area contributed by atoms with Gasteiger partial charge in [-0.25, -0.2) is 67.4 Å². The van der Waals surface area contributed by atoms with Gasteiger partial charge >= 0.3 is 0 Å². The van der Waals surface area contributed by atoms with E-state index < -0.39 is 23.3 Å². The van der Waals surface area contributed by atoms with Crippen LogP contribution in [0.2, 0.25) is 10.0 Å². The maximum absolute atomic E-state index is 14.4. The van der Waals surface area contributed by atoms with E-state index in [1.54, 1.807) is 54.9 Å². The molecule has 21 heteroatoms. The van der Waals surface area contributed by atoms with Gasteiger partial charge in [0.15, 0.2) is 40.4 Å². The highest BCUT2D eigenvalue weighted by molar-refractivity contribution is 9.10. The molecule has 61 heavy (non-hydrogen) atoms. The number of fused-ring (bicyclic) bond motifs is 4. The van der Waals surface area contributed by atoms with Crippen LogP contribution in [-0.4, -0.2) is 59.8 Å². The topological polar surface area (TPSA) is 199 Å². The lowest BCUT2D eigenvalue weighted by molar-refractivity contribution is 0.515. The minimum absolute atomic E-state index is 0.114. The summed E-state index contributed by atoms with van der Waals surface area (Å²) in [4.78, 5) is 47.4. The summed E-state index contributed by atoms with van der Waals surface area (Å²) in [5.41, 5.74) is 11.4. The summed E-state index contributed by atoms with van der Waals surface area (Å²) in [6, 6.07) is 18.8. The second kappa shape index (κ2) is 17.8. The number of rotatable bonds is 6. The van der Waals surface area contributed by atoms with Crippen LogP contribution in [0.4, 0.5) is 23.4 Å². The van der Waals surface area contributed by atoms with Crippen molar-refractivity contribution >= 4 is 89.3 Å². The van der Waals surface area contributed by atoms with Gasteiger partial charge in [0, 0.05) is 17.7 Å². The minimum Gasteiger partial charge on any atom is -0.362 e. The van der Waals surface area contributed by atoms with E-state index in [9.17, 15) is 17.6 Å². The summed E-state index contributed by atoms with van der Waals surface area (Å²) in [5, 5.41) is 4.04. The van der Waals surface area contributed by atoms with Crippen LogP contribution in [0.25, 0.3) is 66.9 Å². The smallest absolute Gasteiger partial charge is 0.186 e. The molecule has 14 nitrogen and oxygen atoms in total. The number of H-pyrrole nitrogens is 2. The molecule has 0 unspecified atom stereocenters. The summed E-state index contributed by atoms with van der Waals surface area (Å²) < 4.78 is 56.1. The number of aromatic amines is 2. The van der Waals surface area contributed by atoms with Crippen molar-refractivity contribution in [2.75, 3.05) is 5.32 Å². The molecular weight excluding hydrogens is 903 g/mol. The Kier molecular flexibility index (Phi) is 12.0. The molecule has 0 fully saturated rings. The van der Waals surface area contributed by atoms with Crippen LogP contribution in [0.15, 0.2) is 103 Å². The van der Waals surface area contributed by atoms with Crippen molar-refractivity contribution in [1.29, 1.82) is 0 Å². The normalized spacial score (nSPS) is 11.1. The first-order valence-electron chi connectivity index (χ1n) is 17.8. The number of hydrogen-bond donors (Lipinski definition) is 4. The Morgan fingerprint density at radius 1 is 0.590 bits per heavy atom. The number of nitrogens with zero attached hydrogens (tertiary/aromatic N) is 10. The zero-order valence-corrected chi connectivity index (χ0v) is 33.9. The Morgan fingerprint density at radius 3 is 1.66 bits per heavy atom. The van der Waals surface area contributed by atoms with E-state index in [1.807, 2.05) is 0 Å². The van der Waals surface area contributed by atoms with Gasteiger partial charge in [0.25, 0.3) is 0 Å². The van der Waals surface area contributed by atoms with E-state index in [2.05, 4.69) is 81.1 Å². The highest BCUT2D eigenvalue weighted by Crippen LogP contribution is 2.32. The summed E-state index contributed by atoms with van der Waals surface area (Å²) >= 11 is 15.7. The van der Waals surface area contributed by atoms with Crippen LogP contribution < -0.4 is 11.1 Å². The van der Waals surface area contributed by atoms with Gasteiger partial charge in [-0.1, -0.05) is 59.6 Å². The predicted octanol–water partition coefficient (Wildman–Crippen LogP) is 9.31. The summed E-state index contributed by atoms with van der Waals surface area (Å²) in [6.07, 6.45) is 5.97. The lowest BCUT2D eigenvalue weighted by atomic mass is 10.1. The van der Waals surface area contributed by atoms with Crippen molar-refractivity contribution in [3.8, 4) is 22.5 Å². The number of imidazole rings is 2. The molecule has 0 bridgehead atoms. The molecule has 10 aromatic rings. The first-order valence-corrected chi connectivity index (χ1v) is 19.3. The zero-order valence-electron chi connectivity index (χ0n) is 30.8. The van der Waals surface area contributed by atoms with Crippen LogP contribution >= 0.6 is 39.1 Å². The monoisotopic (exact) mass is 926 g/mol. The Labute approximate surface area is 359 Å². The molecule has 6 aromatic heterocycles.